The highest BCUT2D eigenvalue weighted by molar-refractivity contribution is 7.92. The Kier molecular flexibility index (Phi) is 7.60. The number of benzene rings is 3. The molecule has 0 aromatic heterocycles. The van der Waals surface area contributed by atoms with E-state index in [4.69, 9.17) is 0 Å². The van der Waals surface area contributed by atoms with Crippen LogP contribution in [0.5, 0.6) is 0 Å². The number of rotatable bonds is 7. The van der Waals surface area contributed by atoms with Gasteiger partial charge in [0.15, 0.2) is 9.84 Å². The van der Waals surface area contributed by atoms with Crippen molar-refractivity contribution in [3.05, 3.63) is 89.5 Å². The van der Waals surface area contributed by atoms with Crippen LogP contribution in [0.1, 0.15) is 29.5 Å². The van der Waals surface area contributed by atoms with Crippen LogP contribution in [0.25, 0.3) is 0 Å². The van der Waals surface area contributed by atoms with Crippen LogP contribution < -0.4 is 4.31 Å². The van der Waals surface area contributed by atoms with Crippen molar-refractivity contribution in [2.24, 2.45) is 5.92 Å². The quantitative estimate of drug-likeness (QED) is 0.407. The molecule has 11 heteroatoms. The first-order valence-electron chi connectivity index (χ1n) is 11.9. The van der Waals surface area contributed by atoms with Crippen LogP contribution in [0.4, 0.5) is 18.9 Å². The van der Waals surface area contributed by atoms with E-state index in [1.807, 2.05) is 5.92 Å². The summed E-state index contributed by atoms with van der Waals surface area (Å²) in [4.78, 5) is -0.0331. The molecule has 1 N–H and O–H groups in total. The molecule has 0 amide bonds. The summed E-state index contributed by atoms with van der Waals surface area (Å²) in [5.41, 5.74) is -4.14. The van der Waals surface area contributed by atoms with Gasteiger partial charge in [-0.05, 0) is 85.7 Å². The number of aliphatic hydroxyl groups is 1. The van der Waals surface area contributed by atoms with Crippen molar-refractivity contribution < 1.29 is 35.1 Å². The van der Waals surface area contributed by atoms with Crippen molar-refractivity contribution in [3.63, 3.8) is 0 Å². The number of hydrogen-bond acceptors (Lipinski definition) is 5. The standard InChI is InChI=1S/C28H26F3NO5S2/c1-20-8-13-23(32(19-22-9-10-22)39(36,37)25-6-4-3-5-7-25)18-26(20)27(33,28(29,30)31)17-16-21-11-14-24(15-12-21)38(2,34)35/h3-8,11-15,18,22,33H,9-10,19H2,1-2H3. The number of halogens is 3. The molecule has 1 unspecified atom stereocenters. The van der Waals surface area contributed by atoms with Gasteiger partial charge < -0.3 is 5.11 Å². The highest BCUT2D eigenvalue weighted by Gasteiger charge is 2.55. The maximum Gasteiger partial charge on any atom is 0.433 e. The van der Waals surface area contributed by atoms with Crippen LogP contribution in [-0.4, -0.2) is 40.9 Å². The molecule has 6 nitrogen and oxygen atoms in total. The molecule has 0 spiro atoms. The molecule has 1 aliphatic carbocycles. The van der Waals surface area contributed by atoms with Gasteiger partial charge in [0.25, 0.3) is 10.0 Å². The van der Waals surface area contributed by atoms with E-state index in [2.05, 4.69) is 5.92 Å². The third-order valence-electron chi connectivity index (χ3n) is 6.43. The highest BCUT2D eigenvalue weighted by atomic mass is 32.2. The molecule has 0 saturated heterocycles. The molecule has 0 heterocycles. The van der Waals surface area contributed by atoms with E-state index in [1.165, 1.54) is 55.5 Å². The van der Waals surface area contributed by atoms with Gasteiger partial charge in [-0.2, -0.15) is 13.2 Å². The lowest BCUT2D eigenvalue weighted by atomic mass is 9.89. The summed E-state index contributed by atoms with van der Waals surface area (Å²) < 4.78 is 94.6. The van der Waals surface area contributed by atoms with Gasteiger partial charge in [-0.15, -0.1) is 0 Å². The Bertz CT molecular complexity index is 1640. The van der Waals surface area contributed by atoms with Crippen molar-refractivity contribution in [2.45, 2.75) is 41.3 Å². The molecule has 206 valence electrons. The molecular weight excluding hydrogens is 551 g/mol. The Labute approximate surface area is 226 Å². The van der Waals surface area contributed by atoms with Crippen LogP contribution in [0.2, 0.25) is 0 Å². The Hall–Kier alpha value is -3.33. The maximum atomic E-state index is 14.4. The molecule has 1 fully saturated rings. The van der Waals surface area contributed by atoms with Crippen molar-refractivity contribution in [3.8, 4) is 11.8 Å². The summed E-state index contributed by atoms with van der Waals surface area (Å²) in [5.74, 6) is 4.29. The summed E-state index contributed by atoms with van der Waals surface area (Å²) >= 11 is 0. The fourth-order valence-electron chi connectivity index (χ4n) is 3.99. The number of nitrogens with zero attached hydrogens (tertiary/aromatic N) is 1. The SMILES string of the molecule is Cc1ccc(N(CC2CC2)S(=O)(=O)c2ccccc2)cc1C(O)(C#Cc1ccc(S(C)(=O)=O)cc1)C(F)(F)F. The minimum absolute atomic E-state index is 0.00353. The van der Waals surface area contributed by atoms with Crippen molar-refractivity contribution in [1.29, 1.82) is 0 Å². The van der Waals surface area contributed by atoms with Gasteiger partial charge in [0, 0.05) is 23.9 Å². The number of sulfone groups is 1. The lowest BCUT2D eigenvalue weighted by Crippen LogP contribution is -2.42. The summed E-state index contributed by atoms with van der Waals surface area (Å²) in [7, 11) is -7.62. The van der Waals surface area contributed by atoms with Crippen molar-refractivity contribution in [2.75, 3.05) is 17.1 Å². The van der Waals surface area contributed by atoms with Crippen LogP contribution in [0.3, 0.4) is 0 Å². The average Bonchev–Trinajstić information content (AvgIpc) is 3.70. The van der Waals surface area contributed by atoms with E-state index >= 15 is 0 Å². The van der Waals surface area contributed by atoms with Gasteiger partial charge >= 0.3 is 6.18 Å². The minimum Gasteiger partial charge on any atom is -0.366 e. The zero-order valence-corrected chi connectivity index (χ0v) is 22.7. The van der Waals surface area contributed by atoms with E-state index in [0.717, 1.165) is 29.5 Å². The van der Waals surface area contributed by atoms with Gasteiger partial charge in [-0.1, -0.05) is 30.2 Å². The second-order valence-corrected chi connectivity index (χ2v) is 13.4. The van der Waals surface area contributed by atoms with Gasteiger partial charge in [0.2, 0.25) is 5.60 Å². The zero-order valence-electron chi connectivity index (χ0n) is 21.1. The first-order chi connectivity index (χ1) is 18.1. The normalized spacial score (nSPS) is 15.6. The number of anilines is 1. The molecule has 1 aliphatic rings. The lowest BCUT2D eigenvalue weighted by Gasteiger charge is -2.30. The van der Waals surface area contributed by atoms with Crippen LogP contribution >= 0.6 is 0 Å². The van der Waals surface area contributed by atoms with E-state index in [0.29, 0.717) is 0 Å². The Balaban J connectivity index is 1.81. The first kappa shape index (κ1) is 28.7. The van der Waals surface area contributed by atoms with Gasteiger partial charge in [0.1, 0.15) is 0 Å². The number of alkyl halides is 3. The number of sulfonamides is 1. The second-order valence-electron chi connectivity index (χ2n) is 9.55. The lowest BCUT2D eigenvalue weighted by molar-refractivity contribution is -0.241. The summed E-state index contributed by atoms with van der Waals surface area (Å²) in [6.07, 6.45) is -2.64. The molecule has 4 rings (SSSR count). The maximum absolute atomic E-state index is 14.4. The van der Waals surface area contributed by atoms with E-state index in [9.17, 15) is 35.1 Å². The number of aryl methyl sites for hydroxylation is 1. The van der Waals surface area contributed by atoms with Gasteiger partial charge in [-0.25, -0.2) is 16.8 Å². The van der Waals surface area contributed by atoms with Gasteiger partial charge in [-0.3, -0.25) is 4.31 Å². The van der Waals surface area contributed by atoms with Crippen molar-refractivity contribution >= 4 is 25.5 Å². The molecular formula is C28H26F3NO5S2. The Morgan fingerprint density at radius 2 is 1.54 bits per heavy atom. The summed E-state index contributed by atoms with van der Waals surface area (Å²) in [5, 5.41) is 11.0. The van der Waals surface area contributed by atoms with E-state index in [-0.39, 0.29) is 39.1 Å². The first-order valence-corrected chi connectivity index (χ1v) is 15.3. The minimum atomic E-state index is -5.24. The van der Waals surface area contributed by atoms with Crippen LogP contribution in [0, 0.1) is 24.7 Å². The topological polar surface area (TPSA) is 91.8 Å². The predicted molar refractivity (Wildman–Crippen MR) is 141 cm³/mol. The van der Waals surface area contributed by atoms with E-state index < -0.39 is 37.2 Å². The monoisotopic (exact) mass is 577 g/mol. The molecule has 1 atom stereocenters. The van der Waals surface area contributed by atoms with Crippen LogP contribution in [0.15, 0.2) is 82.6 Å². The fraction of sp³-hybridized carbons (Fsp3) is 0.286. The Morgan fingerprint density at radius 3 is 2.08 bits per heavy atom. The molecule has 0 radical (unpaired) electrons. The highest BCUT2D eigenvalue weighted by Crippen LogP contribution is 2.42. The molecule has 1 saturated carbocycles. The molecule has 3 aromatic carbocycles. The zero-order chi connectivity index (χ0) is 28.6. The largest absolute Gasteiger partial charge is 0.433 e. The van der Waals surface area contributed by atoms with E-state index in [1.54, 1.807) is 18.2 Å². The second kappa shape index (κ2) is 10.3. The fourth-order valence-corrected chi connectivity index (χ4v) is 6.18. The van der Waals surface area contributed by atoms with Crippen LogP contribution in [-0.2, 0) is 25.5 Å². The average molecular weight is 578 g/mol. The number of hydrogen-bond donors (Lipinski definition) is 1. The Morgan fingerprint density at radius 1 is 0.923 bits per heavy atom. The molecule has 39 heavy (non-hydrogen) atoms. The predicted octanol–water partition coefficient (Wildman–Crippen LogP) is 4.81. The summed E-state index contributed by atoms with van der Waals surface area (Å²) in [6.45, 7) is 1.46. The third-order valence-corrected chi connectivity index (χ3v) is 9.37. The smallest absolute Gasteiger partial charge is 0.366 e. The molecule has 0 aliphatic heterocycles. The molecule has 0 bridgehead atoms. The third kappa shape index (κ3) is 6.13. The summed E-state index contributed by atoms with van der Waals surface area (Å²) in [6, 6.07) is 16.3. The van der Waals surface area contributed by atoms with Crippen molar-refractivity contribution in [1.82, 2.24) is 0 Å². The van der Waals surface area contributed by atoms with Gasteiger partial charge in [0.05, 0.1) is 15.5 Å². The molecule has 3 aromatic rings.